The Hall–Kier alpha value is -4.59. The molecular weight excluding hydrogens is 446 g/mol. The van der Waals surface area contributed by atoms with Crippen molar-refractivity contribution in [1.29, 1.82) is 0 Å². The van der Waals surface area contributed by atoms with Crippen LogP contribution in [0.4, 0.5) is 0 Å². The second kappa shape index (κ2) is 11.0. The van der Waals surface area contributed by atoms with Crippen molar-refractivity contribution in [1.82, 2.24) is 15.3 Å². The van der Waals surface area contributed by atoms with Crippen LogP contribution in [0.25, 0.3) is 11.1 Å². The molecule has 4 rings (SSSR count). The Kier molecular flexibility index (Phi) is 7.42. The van der Waals surface area contributed by atoms with E-state index in [0.29, 0.717) is 29.4 Å². The molecule has 1 aromatic heterocycles. The third-order valence-electron chi connectivity index (χ3n) is 5.30. The van der Waals surface area contributed by atoms with E-state index in [1.54, 1.807) is 70.1 Å². The number of amides is 1. The van der Waals surface area contributed by atoms with Crippen LogP contribution in [0.1, 0.15) is 15.9 Å². The lowest BCUT2D eigenvalue weighted by molar-refractivity contribution is 0.0950. The number of nitrogens with zero attached hydrogens (tertiary/aromatic N) is 2. The summed E-state index contributed by atoms with van der Waals surface area (Å²) in [5.41, 5.74) is 3.05. The van der Waals surface area contributed by atoms with E-state index in [1.165, 1.54) is 0 Å². The minimum absolute atomic E-state index is 0.194. The van der Waals surface area contributed by atoms with Crippen LogP contribution in [-0.2, 0) is 6.54 Å². The fourth-order valence-corrected chi connectivity index (χ4v) is 3.38. The highest BCUT2D eigenvalue weighted by Gasteiger charge is 2.10. The van der Waals surface area contributed by atoms with Crippen molar-refractivity contribution in [2.75, 3.05) is 21.3 Å². The Balaban J connectivity index is 1.38. The van der Waals surface area contributed by atoms with Crippen molar-refractivity contribution in [3.8, 4) is 40.1 Å². The van der Waals surface area contributed by atoms with Crippen molar-refractivity contribution < 1.29 is 23.7 Å². The van der Waals surface area contributed by atoms with Gasteiger partial charge in [0.15, 0.2) is 0 Å². The van der Waals surface area contributed by atoms with Gasteiger partial charge in [-0.05, 0) is 60.2 Å². The van der Waals surface area contributed by atoms with E-state index in [9.17, 15) is 4.79 Å². The van der Waals surface area contributed by atoms with Crippen LogP contribution in [0.2, 0.25) is 0 Å². The van der Waals surface area contributed by atoms with Crippen LogP contribution in [0.5, 0.6) is 29.0 Å². The predicted molar refractivity (Wildman–Crippen MR) is 131 cm³/mol. The molecule has 0 aliphatic carbocycles. The largest absolute Gasteiger partial charge is 0.497 e. The van der Waals surface area contributed by atoms with Crippen LogP contribution in [0, 0.1) is 0 Å². The number of benzene rings is 3. The monoisotopic (exact) mass is 471 g/mol. The first-order chi connectivity index (χ1) is 17.1. The average Bonchev–Trinajstić information content (AvgIpc) is 2.92. The van der Waals surface area contributed by atoms with Gasteiger partial charge >= 0.3 is 6.01 Å². The highest BCUT2D eigenvalue weighted by Crippen LogP contribution is 2.25. The molecule has 0 spiro atoms. The first kappa shape index (κ1) is 23.6. The van der Waals surface area contributed by atoms with Crippen LogP contribution in [-0.4, -0.2) is 37.2 Å². The summed E-state index contributed by atoms with van der Waals surface area (Å²) in [5.74, 6) is 2.54. The summed E-state index contributed by atoms with van der Waals surface area (Å²) in [5, 5.41) is 2.91. The van der Waals surface area contributed by atoms with E-state index in [0.717, 1.165) is 22.4 Å². The van der Waals surface area contributed by atoms with Gasteiger partial charge in [-0.1, -0.05) is 12.1 Å². The van der Waals surface area contributed by atoms with E-state index in [2.05, 4.69) is 15.3 Å². The number of carbonyl (C=O) groups is 1. The second-order valence-electron chi connectivity index (χ2n) is 7.47. The lowest BCUT2D eigenvalue weighted by Gasteiger charge is -2.12. The number of aromatic nitrogens is 2. The molecule has 3 aromatic carbocycles. The zero-order valence-electron chi connectivity index (χ0n) is 19.6. The normalized spacial score (nSPS) is 10.4. The molecule has 0 atom stereocenters. The van der Waals surface area contributed by atoms with Gasteiger partial charge in [-0.2, -0.15) is 0 Å². The number of carbonyl (C=O) groups excluding carboxylic acids is 1. The summed E-state index contributed by atoms with van der Waals surface area (Å²) < 4.78 is 21.4. The van der Waals surface area contributed by atoms with Gasteiger partial charge < -0.3 is 24.3 Å². The molecule has 0 unspecified atom stereocenters. The number of hydrogen-bond donors (Lipinski definition) is 1. The highest BCUT2D eigenvalue weighted by atomic mass is 16.5. The molecule has 0 bridgehead atoms. The van der Waals surface area contributed by atoms with Crippen molar-refractivity contribution >= 4 is 5.91 Å². The third-order valence-corrected chi connectivity index (χ3v) is 5.30. The number of methoxy groups -OCH3 is 3. The lowest BCUT2D eigenvalue weighted by Crippen LogP contribution is -2.23. The van der Waals surface area contributed by atoms with Gasteiger partial charge in [-0.25, -0.2) is 9.97 Å². The summed E-state index contributed by atoms with van der Waals surface area (Å²) in [6, 6.07) is 20.1. The Morgan fingerprint density at radius 2 is 1.37 bits per heavy atom. The summed E-state index contributed by atoms with van der Waals surface area (Å²) in [7, 11) is 4.79. The first-order valence-electron chi connectivity index (χ1n) is 10.8. The summed E-state index contributed by atoms with van der Waals surface area (Å²) >= 11 is 0. The predicted octanol–water partition coefficient (Wildman–Crippen LogP) is 4.89. The standard InChI is InChI=1S/C27H25N3O5/c1-32-22-8-10-23(11-9-22)35-27-29-16-21(17-30-27)18-4-6-19(7-5-18)26(31)28-15-20-14-24(33-2)12-13-25(20)34-3/h4-14,16-17H,15H2,1-3H3,(H,28,31). The van der Waals surface area contributed by atoms with Crippen molar-refractivity contribution in [2.24, 2.45) is 0 Å². The van der Waals surface area contributed by atoms with Crippen LogP contribution < -0.4 is 24.3 Å². The molecular formula is C27H25N3O5. The maximum atomic E-state index is 12.6. The fraction of sp³-hybridized carbons (Fsp3) is 0.148. The van der Waals surface area contributed by atoms with Gasteiger partial charge in [0.2, 0.25) is 0 Å². The Morgan fingerprint density at radius 1 is 0.743 bits per heavy atom. The van der Waals surface area contributed by atoms with E-state index in [4.69, 9.17) is 18.9 Å². The summed E-state index contributed by atoms with van der Waals surface area (Å²) in [6.45, 7) is 0.310. The quantitative estimate of drug-likeness (QED) is 0.372. The molecule has 0 fully saturated rings. The summed E-state index contributed by atoms with van der Waals surface area (Å²) in [6.07, 6.45) is 3.35. The van der Waals surface area contributed by atoms with E-state index in [-0.39, 0.29) is 11.9 Å². The fourth-order valence-electron chi connectivity index (χ4n) is 3.38. The van der Waals surface area contributed by atoms with Gasteiger partial charge in [0.25, 0.3) is 5.91 Å². The molecule has 8 nitrogen and oxygen atoms in total. The smallest absolute Gasteiger partial charge is 0.321 e. The average molecular weight is 472 g/mol. The molecule has 178 valence electrons. The minimum Gasteiger partial charge on any atom is -0.497 e. The van der Waals surface area contributed by atoms with Crippen molar-refractivity contribution in [2.45, 2.75) is 6.54 Å². The first-order valence-corrected chi connectivity index (χ1v) is 10.8. The van der Waals surface area contributed by atoms with Crippen molar-refractivity contribution in [3.05, 3.63) is 90.3 Å². The molecule has 4 aromatic rings. The number of hydrogen-bond acceptors (Lipinski definition) is 7. The summed E-state index contributed by atoms with van der Waals surface area (Å²) in [4.78, 5) is 21.2. The molecule has 0 aliphatic rings. The number of rotatable bonds is 9. The maximum Gasteiger partial charge on any atom is 0.321 e. The molecule has 0 saturated carbocycles. The zero-order chi connectivity index (χ0) is 24.6. The van der Waals surface area contributed by atoms with Crippen molar-refractivity contribution in [3.63, 3.8) is 0 Å². The number of ether oxygens (including phenoxy) is 4. The van der Waals surface area contributed by atoms with Gasteiger partial charge in [-0.3, -0.25) is 4.79 Å². The second-order valence-corrected chi connectivity index (χ2v) is 7.47. The lowest BCUT2D eigenvalue weighted by atomic mass is 10.1. The molecule has 1 N–H and O–H groups in total. The van der Waals surface area contributed by atoms with E-state index < -0.39 is 0 Å². The molecule has 1 heterocycles. The maximum absolute atomic E-state index is 12.6. The molecule has 0 radical (unpaired) electrons. The van der Waals surface area contributed by atoms with Gasteiger partial charge in [0.1, 0.15) is 23.0 Å². The molecule has 8 heteroatoms. The molecule has 0 saturated heterocycles. The Labute approximate surface area is 203 Å². The van der Waals surface area contributed by atoms with Crippen LogP contribution in [0.3, 0.4) is 0 Å². The van der Waals surface area contributed by atoms with Gasteiger partial charge in [0, 0.05) is 35.6 Å². The topological polar surface area (TPSA) is 91.8 Å². The van der Waals surface area contributed by atoms with E-state index in [1.807, 2.05) is 30.3 Å². The Morgan fingerprint density at radius 3 is 2.00 bits per heavy atom. The molecule has 0 aliphatic heterocycles. The molecule has 1 amide bonds. The highest BCUT2D eigenvalue weighted by molar-refractivity contribution is 5.94. The SMILES string of the molecule is COc1ccc(Oc2ncc(-c3ccc(C(=O)NCc4cc(OC)ccc4OC)cc3)cn2)cc1. The molecule has 35 heavy (non-hydrogen) atoms. The van der Waals surface area contributed by atoms with E-state index >= 15 is 0 Å². The van der Waals surface area contributed by atoms with Gasteiger partial charge in [0.05, 0.1) is 21.3 Å². The third kappa shape index (κ3) is 5.86. The van der Waals surface area contributed by atoms with Gasteiger partial charge in [-0.15, -0.1) is 0 Å². The number of nitrogens with one attached hydrogen (secondary N) is 1. The minimum atomic E-state index is -0.194. The Bertz CT molecular complexity index is 1270. The van der Waals surface area contributed by atoms with Crippen LogP contribution in [0.15, 0.2) is 79.1 Å². The van der Waals surface area contributed by atoms with Crippen LogP contribution >= 0.6 is 0 Å². The zero-order valence-corrected chi connectivity index (χ0v) is 19.6.